The van der Waals surface area contributed by atoms with Crippen molar-refractivity contribution in [2.45, 2.75) is 40.0 Å². The molecule has 0 spiro atoms. The van der Waals surface area contributed by atoms with Crippen LogP contribution < -0.4 is 25.3 Å². The lowest BCUT2D eigenvalue weighted by Crippen LogP contribution is -2.78. The van der Waals surface area contributed by atoms with Gasteiger partial charge in [0.15, 0.2) is 6.20 Å². The fourth-order valence-electron chi connectivity index (χ4n) is 4.93. The van der Waals surface area contributed by atoms with E-state index in [1.807, 2.05) is 17.7 Å². The second-order valence-electron chi connectivity index (χ2n) is 8.89. The SMILES string of the molecule is [2H]C([2H])([2H])c1ccc(-c2c(C)ccc3c2[Si](C)(C)c2ccccc2[Si]3(C)C)[n+](C)c1. The first-order valence-corrected chi connectivity index (χ1v) is 15.6. The monoisotopic (exact) mass is 391 g/mol. The lowest BCUT2D eigenvalue weighted by Gasteiger charge is -2.43. The summed E-state index contributed by atoms with van der Waals surface area (Å²) in [5.41, 5.74) is 4.05. The van der Waals surface area contributed by atoms with E-state index in [1.165, 1.54) is 16.3 Å². The van der Waals surface area contributed by atoms with Gasteiger partial charge in [-0.1, -0.05) is 78.1 Å². The molecule has 0 radical (unpaired) electrons. The number of hydrogen-bond acceptors (Lipinski definition) is 0. The second kappa shape index (κ2) is 6.01. The lowest BCUT2D eigenvalue weighted by molar-refractivity contribution is -0.660. The molecule has 0 bridgehead atoms. The highest BCUT2D eigenvalue weighted by atomic mass is 28.3. The molecule has 27 heavy (non-hydrogen) atoms. The van der Waals surface area contributed by atoms with Crippen LogP contribution in [0.3, 0.4) is 0 Å². The Morgan fingerprint density at radius 3 is 2.11 bits per heavy atom. The minimum atomic E-state index is -2.09. The van der Waals surface area contributed by atoms with Gasteiger partial charge >= 0.3 is 0 Å². The summed E-state index contributed by atoms with van der Waals surface area (Å²) in [6.07, 6.45) is 1.77. The highest BCUT2D eigenvalue weighted by molar-refractivity contribution is 7.16. The molecule has 1 aliphatic rings. The number of benzene rings is 2. The zero-order valence-corrected chi connectivity index (χ0v) is 19.1. The minimum absolute atomic E-state index is 0.382. The average Bonchev–Trinajstić information content (AvgIpc) is 2.66. The largest absolute Gasteiger partial charge is 0.212 e. The predicted octanol–water partition coefficient (Wildman–Crippen LogP) is 2.75. The maximum atomic E-state index is 7.77. The zero-order valence-electron chi connectivity index (χ0n) is 20.1. The predicted molar refractivity (Wildman–Crippen MR) is 122 cm³/mol. The number of hydrogen-bond donors (Lipinski definition) is 0. The summed E-state index contributed by atoms with van der Waals surface area (Å²) in [6, 6.07) is 17.5. The molecule has 3 heteroatoms. The summed E-state index contributed by atoms with van der Waals surface area (Å²) in [4.78, 5) is 0. The van der Waals surface area contributed by atoms with Gasteiger partial charge in [0.05, 0.1) is 0 Å². The fourth-order valence-corrected chi connectivity index (χ4v) is 14.7. The molecule has 4 rings (SSSR count). The number of rotatable bonds is 1. The highest BCUT2D eigenvalue weighted by Crippen LogP contribution is 2.25. The van der Waals surface area contributed by atoms with Crippen LogP contribution in [-0.2, 0) is 7.05 Å². The summed E-state index contributed by atoms with van der Waals surface area (Å²) in [5, 5.41) is 6.21. The third-order valence-electron chi connectivity index (χ3n) is 6.38. The Bertz CT molecular complexity index is 1160. The minimum Gasteiger partial charge on any atom is -0.201 e. The Labute approximate surface area is 170 Å². The Morgan fingerprint density at radius 1 is 0.815 bits per heavy atom. The van der Waals surface area contributed by atoms with Crippen molar-refractivity contribution in [2.75, 3.05) is 0 Å². The Balaban J connectivity index is 2.06. The molecule has 3 aromatic rings. The van der Waals surface area contributed by atoms with E-state index >= 15 is 0 Å². The van der Waals surface area contributed by atoms with Gasteiger partial charge in [-0.2, -0.15) is 0 Å². The van der Waals surface area contributed by atoms with Crippen LogP contribution in [0.25, 0.3) is 11.3 Å². The number of aryl methyl sites for hydroxylation is 3. The molecule has 2 heterocycles. The number of nitrogens with zero attached hydrogens (tertiary/aromatic N) is 1. The van der Waals surface area contributed by atoms with Gasteiger partial charge in [-0.3, -0.25) is 0 Å². The Kier molecular flexibility index (Phi) is 3.34. The average molecular weight is 392 g/mol. The molecule has 0 saturated heterocycles. The molecule has 0 N–H and O–H groups in total. The van der Waals surface area contributed by atoms with Crippen molar-refractivity contribution in [1.29, 1.82) is 0 Å². The Morgan fingerprint density at radius 2 is 1.48 bits per heavy atom. The van der Waals surface area contributed by atoms with Crippen molar-refractivity contribution >= 4 is 36.9 Å². The van der Waals surface area contributed by atoms with E-state index in [0.29, 0.717) is 5.56 Å². The maximum Gasteiger partial charge on any atom is 0.212 e. The van der Waals surface area contributed by atoms with Crippen LogP contribution in [0.1, 0.15) is 15.2 Å². The normalized spacial score (nSPS) is 18.7. The molecular weight excluding hydrogens is 358 g/mol. The molecule has 0 atom stereocenters. The lowest BCUT2D eigenvalue weighted by atomic mass is 10.0. The van der Waals surface area contributed by atoms with Gasteiger partial charge in [0, 0.05) is 21.3 Å². The standard InChI is InChI=1S/C24H30NSi2/c1-17-12-14-19(25(3)16-17)23-18(2)13-15-22-24(23)27(6,7)21-11-9-8-10-20(21)26(22,4)5/h8-16H,1-7H3/q+1/i1D3. The van der Waals surface area contributed by atoms with E-state index in [2.05, 4.69) is 69.5 Å². The molecule has 2 aromatic carbocycles. The van der Waals surface area contributed by atoms with Crippen LogP contribution in [0, 0.1) is 13.8 Å². The van der Waals surface area contributed by atoms with E-state index in [0.717, 1.165) is 5.69 Å². The molecule has 1 aliphatic heterocycles. The zero-order chi connectivity index (χ0) is 22.1. The van der Waals surface area contributed by atoms with Crippen LogP contribution >= 0.6 is 0 Å². The summed E-state index contributed by atoms with van der Waals surface area (Å²) in [6.45, 7) is 9.95. The molecule has 0 saturated carbocycles. The van der Waals surface area contributed by atoms with Gasteiger partial charge in [0.25, 0.3) is 0 Å². The van der Waals surface area contributed by atoms with E-state index in [-0.39, 0.29) is 0 Å². The number of fused-ring (bicyclic) bond motifs is 2. The van der Waals surface area contributed by atoms with E-state index in [1.54, 1.807) is 27.8 Å². The Hall–Kier alpha value is -1.98. The van der Waals surface area contributed by atoms with Crippen LogP contribution in [0.2, 0.25) is 26.2 Å². The molecule has 0 unspecified atom stereocenters. The quantitative estimate of drug-likeness (QED) is 0.444. The fraction of sp³-hybridized carbons (Fsp3) is 0.292. The van der Waals surface area contributed by atoms with Crippen molar-refractivity contribution in [2.24, 2.45) is 7.05 Å². The highest BCUT2D eigenvalue weighted by Gasteiger charge is 2.46. The molecule has 1 aromatic heterocycles. The summed E-state index contributed by atoms with van der Waals surface area (Å²) >= 11 is 0. The first-order chi connectivity index (χ1) is 13.9. The van der Waals surface area contributed by atoms with Gasteiger partial charge in [0.1, 0.15) is 23.2 Å². The summed E-state index contributed by atoms with van der Waals surface area (Å²) in [7, 11) is -1.80. The molecule has 0 fully saturated rings. The second-order valence-corrected chi connectivity index (χ2v) is 17.5. The van der Waals surface area contributed by atoms with Gasteiger partial charge in [-0.05, 0) is 30.6 Å². The van der Waals surface area contributed by atoms with Crippen LogP contribution in [0.15, 0.2) is 54.7 Å². The number of pyridine rings is 1. The summed E-state index contributed by atoms with van der Waals surface area (Å²) in [5.74, 6) is 0. The summed E-state index contributed by atoms with van der Waals surface area (Å²) < 4.78 is 25.3. The van der Waals surface area contributed by atoms with E-state index in [4.69, 9.17) is 4.11 Å². The first-order valence-electron chi connectivity index (χ1n) is 11.1. The van der Waals surface area contributed by atoms with Crippen LogP contribution in [0.4, 0.5) is 0 Å². The third-order valence-corrected chi connectivity index (χ3v) is 14.0. The molecule has 1 nitrogen and oxygen atoms in total. The molecular formula is C24H30NSi2+. The van der Waals surface area contributed by atoms with Crippen molar-refractivity contribution in [3.8, 4) is 11.3 Å². The van der Waals surface area contributed by atoms with Gasteiger partial charge in [0.2, 0.25) is 5.69 Å². The van der Waals surface area contributed by atoms with Gasteiger partial charge in [-0.15, -0.1) is 0 Å². The smallest absolute Gasteiger partial charge is 0.201 e. The van der Waals surface area contributed by atoms with Crippen molar-refractivity contribution < 1.29 is 8.68 Å². The van der Waals surface area contributed by atoms with E-state index in [9.17, 15) is 0 Å². The maximum absolute atomic E-state index is 7.77. The van der Waals surface area contributed by atoms with Crippen molar-refractivity contribution in [1.82, 2.24) is 0 Å². The van der Waals surface area contributed by atoms with Crippen molar-refractivity contribution in [3.05, 3.63) is 65.9 Å². The van der Waals surface area contributed by atoms with Crippen molar-refractivity contribution in [3.63, 3.8) is 0 Å². The van der Waals surface area contributed by atoms with Gasteiger partial charge < -0.3 is 0 Å². The molecule has 138 valence electrons. The number of aromatic nitrogens is 1. The van der Waals surface area contributed by atoms with E-state index < -0.39 is 23.0 Å². The van der Waals surface area contributed by atoms with Crippen LogP contribution in [-0.4, -0.2) is 16.1 Å². The van der Waals surface area contributed by atoms with Gasteiger partial charge in [-0.25, -0.2) is 4.57 Å². The molecule has 0 aliphatic carbocycles. The third kappa shape index (κ3) is 2.59. The van der Waals surface area contributed by atoms with Crippen LogP contribution in [0.5, 0.6) is 0 Å². The molecule has 0 amide bonds. The topological polar surface area (TPSA) is 3.88 Å². The first kappa shape index (κ1) is 15.0.